The molecule has 6 rings (SSSR count). The van der Waals surface area contributed by atoms with Crippen molar-refractivity contribution in [3.05, 3.63) is 125 Å². The van der Waals surface area contributed by atoms with Gasteiger partial charge < -0.3 is 10.1 Å². The fraction of sp³-hybridized carbons (Fsp3) is 0.0938. The molecule has 1 aliphatic carbocycles. The van der Waals surface area contributed by atoms with Gasteiger partial charge in [-0.2, -0.15) is 10.2 Å². The van der Waals surface area contributed by atoms with Crippen LogP contribution >= 0.6 is 23.4 Å². The SMILES string of the molecule is O=Cc1cccnc1Sc1c(Cl)cc(-c2ccnnc2)cc1CNC(=O)OCC1c2ccccc2-c2ccccc21. The first-order chi connectivity index (χ1) is 20.1. The van der Waals surface area contributed by atoms with Crippen LogP contribution in [-0.4, -0.2) is 34.2 Å². The zero-order valence-electron chi connectivity index (χ0n) is 21.7. The Hall–Kier alpha value is -4.53. The first-order valence-electron chi connectivity index (χ1n) is 12.9. The molecule has 0 radical (unpaired) electrons. The highest BCUT2D eigenvalue weighted by Crippen LogP contribution is 2.44. The molecule has 1 N–H and O–H groups in total. The van der Waals surface area contributed by atoms with Crippen LogP contribution in [0.25, 0.3) is 22.3 Å². The first kappa shape index (κ1) is 26.7. The van der Waals surface area contributed by atoms with Gasteiger partial charge in [0.25, 0.3) is 0 Å². The summed E-state index contributed by atoms with van der Waals surface area (Å²) in [5.41, 5.74) is 7.46. The van der Waals surface area contributed by atoms with Gasteiger partial charge in [-0.05, 0) is 63.7 Å². The second-order valence-corrected chi connectivity index (χ2v) is 10.8. The standard InChI is InChI=1S/C32H23ClN4O3S/c33-29-15-22(20-11-13-36-37-17-20)14-23(30(29)41-31-21(18-38)6-5-12-34-31)16-35-32(39)40-19-28-26-9-3-1-7-24(26)25-8-2-4-10-27(25)28/h1-15,17-18,28H,16,19H2,(H,35,39). The van der Waals surface area contributed by atoms with Gasteiger partial charge in [-0.25, -0.2) is 9.78 Å². The number of rotatable bonds is 8. The third-order valence-corrected chi connectivity index (χ3v) is 8.56. The van der Waals surface area contributed by atoms with Crippen molar-refractivity contribution in [3.63, 3.8) is 0 Å². The van der Waals surface area contributed by atoms with E-state index in [2.05, 4.69) is 44.8 Å². The Balaban J connectivity index is 1.23. The summed E-state index contributed by atoms with van der Waals surface area (Å²) in [6.45, 7) is 0.357. The molecule has 9 heteroatoms. The summed E-state index contributed by atoms with van der Waals surface area (Å²) in [6, 6.07) is 25.4. The molecule has 0 atom stereocenters. The number of carbonyl (C=O) groups is 2. The Morgan fingerprint density at radius 2 is 1.68 bits per heavy atom. The van der Waals surface area contributed by atoms with E-state index in [0.29, 0.717) is 20.5 Å². The van der Waals surface area contributed by atoms with E-state index in [1.54, 1.807) is 30.7 Å². The molecule has 2 aromatic heterocycles. The summed E-state index contributed by atoms with van der Waals surface area (Å²) in [4.78, 5) is 29.6. The van der Waals surface area contributed by atoms with E-state index < -0.39 is 6.09 Å². The minimum Gasteiger partial charge on any atom is -0.449 e. The highest BCUT2D eigenvalue weighted by molar-refractivity contribution is 7.99. The topological polar surface area (TPSA) is 94.1 Å². The molecular weight excluding hydrogens is 556 g/mol. The number of halogens is 1. The second-order valence-electron chi connectivity index (χ2n) is 9.37. The second kappa shape index (κ2) is 11.9. The molecule has 202 valence electrons. The number of aldehydes is 1. The quantitative estimate of drug-likeness (QED) is 0.195. The van der Waals surface area contributed by atoms with Crippen LogP contribution in [0.2, 0.25) is 5.02 Å². The maximum atomic E-state index is 13.0. The number of pyridine rings is 1. The van der Waals surface area contributed by atoms with Crippen molar-refractivity contribution in [2.45, 2.75) is 22.4 Å². The number of benzene rings is 3. The molecular formula is C32H23ClN4O3S. The number of ether oxygens (including phenoxy) is 1. The summed E-state index contributed by atoms with van der Waals surface area (Å²) in [7, 11) is 0. The summed E-state index contributed by atoms with van der Waals surface area (Å²) >= 11 is 8.04. The fourth-order valence-electron chi connectivity index (χ4n) is 5.02. The molecule has 41 heavy (non-hydrogen) atoms. The van der Waals surface area contributed by atoms with Gasteiger partial charge in [0, 0.05) is 34.7 Å². The van der Waals surface area contributed by atoms with Crippen molar-refractivity contribution in [3.8, 4) is 22.3 Å². The van der Waals surface area contributed by atoms with Gasteiger partial charge in [-0.15, -0.1) is 0 Å². The lowest BCUT2D eigenvalue weighted by Crippen LogP contribution is -2.26. The number of nitrogens with zero attached hydrogens (tertiary/aromatic N) is 3. The number of amides is 1. The number of nitrogens with one attached hydrogen (secondary N) is 1. The van der Waals surface area contributed by atoms with E-state index in [0.717, 1.165) is 34.1 Å². The van der Waals surface area contributed by atoms with Gasteiger partial charge >= 0.3 is 6.09 Å². The average Bonchev–Trinajstić information content (AvgIpc) is 3.34. The monoisotopic (exact) mass is 578 g/mol. The van der Waals surface area contributed by atoms with Crippen molar-refractivity contribution in [2.75, 3.05) is 6.61 Å². The molecule has 2 heterocycles. The Morgan fingerprint density at radius 3 is 2.39 bits per heavy atom. The molecule has 0 bridgehead atoms. The Labute approximate surface area is 246 Å². The number of hydrogen-bond acceptors (Lipinski definition) is 7. The van der Waals surface area contributed by atoms with Gasteiger partial charge in [-0.1, -0.05) is 71.9 Å². The molecule has 5 aromatic rings. The largest absolute Gasteiger partial charge is 0.449 e. The highest BCUT2D eigenvalue weighted by Gasteiger charge is 2.29. The van der Waals surface area contributed by atoms with Crippen LogP contribution in [0.3, 0.4) is 0 Å². The van der Waals surface area contributed by atoms with Crippen molar-refractivity contribution in [1.82, 2.24) is 20.5 Å². The van der Waals surface area contributed by atoms with Crippen LogP contribution < -0.4 is 5.32 Å². The Kier molecular flexibility index (Phi) is 7.75. The third kappa shape index (κ3) is 5.57. The van der Waals surface area contributed by atoms with E-state index in [1.165, 1.54) is 22.9 Å². The normalized spacial score (nSPS) is 11.9. The van der Waals surface area contributed by atoms with Gasteiger partial charge in [-0.3, -0.25) is 4.79 Å². The van der Waals surface area contributed by atoms with Crippen LogP contribution in [-0.2, 0) is 11.3 Å². The minimum absolute atomic E-state index is 0.0397. The lowest BCUT2D eigenvalue weighted by Gasteiger charge is -2.17. The van der Waals surface area contributed by atoms with E-state index >= 15 is 0 Å². The van der Waals surface area contributed by atoms with E-state index in [-0.39, 0.29) is 19.1 Å². The van der Waals surface area contributed by atoms with E-state index in [9.17, 15) is 9.59 Å². The summed E-state index contributed by atoms with van der Waals surface area (Å²) in [5.74, 6) is -0.0397. The summed E-state index contributed by atoms with van der Waals surface area (Å²) < 4.78 is 5.73. The number of alkyl carbamates (subject to hydrolysis) is 1. The molecule has 0 saturated heterocycles. The van der Waals surface area contributed by atoms with Crippen molar-refractivity contribution < 1.29 is 14.3 Å². The average molecular weight is 579 g/mol. The molecule has 0 saturated carbocycles. The van der Waals surface area contributed by atoms with Crippen LogP contribution in [0.4, 0.5) is 4.79 Å². The molecule has 0 aliphatic heterocycles. The minimum atomic E-state index is -0.540. The Bertz CT molecular complexity index is 1700. The van der Waals surface area contributed by atoms with Crippen LogP contribution in [0.5, 0.6) is 0 Å². The number of aromatic nitrogens is 3. The molecule has 0 fully saturated rings. The molecule has 1 aliphatic rings. The van der Waals surface area contributed by atoms with Crippen LogP contribution in [0.1, 0.15) is 33.0 Å². The van der Waals surface area contributed by atoms with Crippen molar-refractivity contribution in [2.24, 2.45) is 0 Å². The first-order valence-corrected chi connectivity index (χ1v) is 14.1. The summed E-state index contributed by atoms with van der Waals surface area (Å²) in [6.07, 6.45) is 5.08. The van der Waals surface area contributed by atoms with E-state index in [4.69, 9.17) is 16.3 Å². The lowest BCUT2D eigenvalue weighted by atomic mass is 9.98. The zero-order chi connectivity index (χ0) is 28.2. The predicted molar refractivity (Wildman–Crippen MR) is 158 cm³/mol. The predicted octanol–water partition coefficient (Wildman–Crippen LogP) is 7.19. The number of hydrogen-bond donors (Lipinski definition) is 1. The maximum Gasteiger partial charge on any atom is 0.407 e. The van der Waals surface area contributed by atoms with Crippen molar-refractivity contribution in [1.29, 1.82) is 0 Å². The van der Waals surface area contributed by atoms with Gasteiger partial charge in [0.15, 0.2) is 6.29 Å². The lowest BCUT2D eigenvalue weighted by molar-refractivity contribution is 0.112. The molecule has 1 amide bonds. The smallest absolute Gasteiger partial charge is 0.407 e. The number of fused-ring (bicyclic) bond motifs is 3. The van der Waals surface area contributed by atoms with Gasteiger partial charge in [0.1, 0.15) is 11.6 Å². The summed E-state index contributed by atoms with van der Waals surface area (Å²) in [5, 5.41) is 11.7. The van der Waals surface area contributed by atoms with Crippen LogP contribution in [0, 0.1) is 0 Å². The molecule has 0 spiro atoms. The van der Waals surface area contributed by atoms with Crippen molar-refractivity contribution >= 4 is 35.7 Å². The molecule has 7 nitrogen and oxygen atoms in total. The third-order valence-electron chi connectivity index (χ3n) is 6.93. The molecule has 3 aromatic carbocycles. The van der Waals surface area contributed by atoms with E-state index in [1.807, 2.05) is 42.5 Å². The molecule has 0 unspecified atom stereocenters. The van der Waals surface area contributed by atoms with Gasteiger partial charge in [0.2, 0.25) is 0 Å². The van der Waals surface area contributed by atoms with Gasteiger partial charge in [0.05, 0.1) is 17.4 Å². The Morgan fingerprint density at radius 1 is 0.927 bits per heavy atom. The highest BCUT2D eigenvalue weighted by atomic mass is 35.5. The maximum absolute atomic E-state index is 13.0. The number of carbonyl (C=O) groups excluding carboxylic acids is 2. The fourth-order valence-corrected chi connectivity index (χ4v) is 6.33. The zero-order valence-corrected chi connectivity index (χ0v) is 23.2. The van der Waals surface area contributed by atoms with Crippen LogP contribution in [0.15, 0.2) is 107 Å².